The Labute approximate surface area is 104 Å². The minimum atomic E-state index is -0.176. The summed E-state index contributed by atoms with van der Waals surface area (Å²) < 4.78 is 0. The molecule has 0 bridgehead atoms. The van der Waals surface area contributed by atoms with Gasteiger partial charge in [-0.1, -0.05) is 12.8 Å². The van der Waals surface area contributed by atoms with Crippen molar-refractivity contribution in [2.75, 3.05) is 26.2 Å². The quantitative estimate of drug-likeness (QED) is 0.431. The third-order valence-corrected chi connectivity index (χ3v) is 3.53. The number of guanidine groups is 1. The Hall–Kier alpha value is -0.770. The average molecular weight is 239 g/mol. The fourth-order valence-electron chi connectivity index (χ4n) is 2.33. The lowest BCUT2D eigenvalue weighted by Crippen LogP contribution is -2.40. The number of rotatable bonds is 5. The van der Waals surface area contributed by atoms with Crippen LogP contribution in [0.2, 0.25) is 0 Å². The molecule has 2 rings (SSSR count). The smallest absolute Gasteiger partial charge is 0.194 e. The zero-order valence-corrected chi connectivity index (χ0v) is 10.9. The molecule has 2 aliphatic rings. The summed E-state index contributed by atoms with van der Waals surface area (Å²) in [6.07, 6.45) is 6.10. The molecule has 0 spiro atoms. The Morgan fingerprint density at radius 1 is 1.41 bits per heavy atom. The highest BCUT2D eigenvalue weighted by Gasteiger charge is 2.23. The molecular weight excluding hydrogens is 214 g/mol. The first-order chi connectivity index (χ1) is 8.29. The minimum Gasteiger partial charge on any atom is -0.391 e. The Bertz CT molecular complexity index is 263. The third kappa shape index (κ3) is 4.19. The van der Waals surface area contributed by atoms with Crippen molar-refractivity contribution in [1.82, 2.24) is 10.2 Å². The SMILES string of the molecule is CCNC(=NCCCC1CC1)N1CC[C@@H](O)C1. The van der Waals surface area contributed by atoms with Gasteiger partial charge >= 0.3 is 0 Å². The van der Waals surface area contributed by atoms with E-state index in [9.17, 15) is 5.11 Å². The summed E-state index contributed by atoms with van der Waals surface area (Å²) >= 11 is 0. The van der Waals surface area contributed by atoms with Crippen LogP contribution in [0, 0.1) is 5.92 Å². The fourth-order valence-corrected chi connectivity index (χ4v) is 2.33. The van der Waals surface area contributed by atoms with Crippen molar-refractivity contribution in [2.45, 2.75) is 45.1 Å². The minimum absolute atomic E-state index is 0.176. The predicted octanol–water partition coefficient (Wildman–Crippen LogP) is 1.21. The van der Waals surface area contributed by atoms with Gasteiger partial charge in [0.15, 0.2) is 5.96 Å². The topological polar surface area (TPSA) is 47.9 Å². The molecule has 4 heteroatoms. The highest BCUT2D eigenvalue weighted by molar-refractivity contribution is 5.80. The van der Waals surface area contributed by atoms with Crippen LogP contribution in [-0.2, 0) is 0 Å². The zero-order valence-electron chi connectivity index (χ0n) is 10.9. The van der Waals surface area contributed by atoms with Gasteiger partial charge in [0.2, 0.25) is 0 Å². The average Bonchev–Trinajstić information content (AvgIpc) is 3.04. The van der Waals surface area contributed by atoms with Gasteiger partial charge in [-0.25, -0.2) is 0 Å². The Balaban J connectivity index is 1.75. The number of hydrogen-bond donors (Lipinski definition) is 2. The summed E-state index contributed by atoms with van der Waals surface area (Å²) in [6, 6.07) is 0. The van der Waals surface area contributed by atoms with Crippen LogP contribution in [0.5, 0.6) is 0 Å². The van der Waals surface area contributed by atoms with Crippen LogP contribution in [0.1, 0.15) is 39.0 Å². The number of β-amino-alcohol motifs (C(OH)–C–C–N with tert-alkyl or cyclic N) is 1. The highest BCUT2D eigenvalue weighted by Crippen LogP contribution is 2.33. The van der Waals surface area contributed by atoms with Crippen LogP contribution < -0.4 is 5.32 Å². The third-order valence-electron chi connectivity index (χ3n) is 3.53. The summed E-state index contributed by atoms with van der Waals surface area (Å²) in [5, 5.41) is 12.9. The van der Waals surface area contributed by atoms with Gasteiger partial charge < -0.3 is 15.3 Å². The van der Waals surface area contributed by atoms with Crippen LogP contribution in [0.25, 0.3) is 0 Å². The molecule has 98 valence electrons. The molecule has 17 heavy (non-hydrogen) atoms. The summed E-state index contributed by atoms with van der Waals surface area (Å²) in [6.45, 7) is 5.57. The molecule has 1 aliphatic carbocycles. The molecule has 1 saturated carbocycles. The van der Waals surface area contributed by atoms with Crippen molar-refractivity contribution < 1.29 is 5.11 Å². The second-order valence-corrected chi connectivity index (χ2v) is 5.21. The molecule has 0 aromatic rings. The molecule has 1 atom stereocenters. The van der Waals surface area contributed by atoms with Gasteiger partial charge in [-0.15, -0.1) is 0 Å². The van der Waals surface area contributed by atoms with E-state index in [1.54, 1.807) is 0 Å². The van der Waals surface area contributed by atoms with Gasteiger partial charge in [0.05, 0.1) is 6.10 Å². The van der Waals surface area contributed by atoms with E-state index in [2.05, 4.69) is 22.1 Å². The van der Waals surface area contributed by atoms with Crippen LogP contribution in [0.3, 0.4) is 0 Å². The fraction of sp³-hybridized carbons (Fsp3) is 0.923. The van der Waals surface area contributed by atoms with Crippen molar-refractivity contribution in [3.8, 4) is 0 Å². The molecule has 0 amide bonds. The summed E-state index contributed by atoms with van der Waals surface area (Å²) in [5.74, 6) is 1.99. The largest absolute Gasteiger partial charge is 0.391 e. The molecule has 1 aliphatic heterocycles. The second-order valence-electron chi connectivity index (χ2n) is 5.21. The maximum absolute atomic E-state index is 9.54. The number of aliphatic hydroxyl groups is 1. The second kappa shape index (κ2) is 6.24. The molecule has 2 N–H and O–H groups in total. The van der Waals surface area contributed by atoms with Gasteiger partial charge in [0, 0.05) is 26.2 Å². The van der Waals surface area contributed by atoms with Gasteiger partial charge in [0.1, 0.15) is 0 Å². The maximum atomic E-state index is 9.54. The van der Waals surface area contributed by atoms with Crippen molar-refractivity contribution in [3.63, 3.8) is 0 Å². The molecule has 1 saturated heterocycles. The van der Waals surface area contributed by atoms with Crippen molar-refractivity contribution in [3.05, 3.63) is 0 Å². The highest BCUT2D eigenvalue weighted by atomic mass is 16.3. The first kappa shape index (κ1) is 12.7. The maximum Gasteiger partial charge on any atom is 0.194 e. The number of nitrogens with one attached hydrogen (secondary N) is 1. The number of nitrogens with zero attached hydrogens (tertiary/aromatic N) is 2. The first-order valence-electron chi connectivity index (χ1n) is 7.01. The number of hydrogen-bond acceptors (Lipinski definition) is 2. The Morgan fingerprint density at radius 3 is 2.82 bits per heavy atom. The molecular formula is C13H25N3O. The number of aliphatic hydroxyl groups excluding tert-OH is 1. The lowest BCUT2D eigenvalue weighted by Gasteiger charge is -2.20. The predicted molar refractivity (Wildman–Crippen MR) is 70.1 cm³/mol. The van der Waals surface area contributed by atoms with Gasteiger partial charge in [-0.3, -0.25) is 4.99 Å². The number of likely N-dealkylation sites (tertiary alicyclic amines) is 1. The van der Waals surface area contributed by atoms with Crippen molar-refractivity contribution >= 4 is 5.96 Å². The molecule has 2 fully saturated rings. The molecule has 0 radical (unpaired) electrons. The van der Waals surface area contributed by atoms with Crippen LogP contribution in [0.15, 0.2) is 4.99 Å². The lowest BCUT2D eigenvalue weighted by atomic mass is 10.2. The molecule has 4 nitrogen and oxygen atoms in total. The zero-order chi connectivity index (χ0) is 12.1. The van der Waals surface area contributed by atoms with Crippen molar-refractivity contribution in [1.29, 1.82) is 0 Å². The van der Waals surface area contributed by atoms with Gasteiger partial charge in [0.25, 0.3) is 0 Å². The number of aliphatic imine (C=N–C) groups is 1. The van der Waals surface area contributed by atoms with Crippen LogP contribution >= 0.6 is 0 Å². The molecule has 0 aromatic heterocycles. The summed E-state index contributed by atoms with van der Waals surface area (Å²) in [5.41, 5.74) is 0. The molecule has 0 unspecified atom stereocenters. The van der Waals surface area contributed by atoms with Crippen LogP contribution in [-0.4, -0.2) is 48.2 Å². The summed E-state index contributed by atoms with van der Waals surface area (Å²) in [4.78, 5) is 6.82. The van der Waals surface area contributed by atoms with Gasteiger partial charge in [-0.05, 0) is 32.1 Å². The Kier molecular flexibility index (Phi) is 4.66. The van der Waals surface area contributed by atoms with E-state index in [0.29, 0.717) is 0 Å². The summed E-state index contributed by atoms with van der Waals surface area (Å²) in [7, 11) is 0. The standard InChI is InChI=1S/C13H25N3O/c1-2-14-13(16-9-7-12(17)10-16)15-8-3-4-11-5-6-11/h11-12,17H,2-10H2,1H3,(H,14,15)/t12-/m1/s1. The van der Waals surface area contributed by atoms with E-state index in [4.69, 9.17) is 0 Å². The van der Waals surface area contributed by atoms with E-state index in [-0.39, 0.29) is 6.10 Å². The van der Waals surface area contributed by atoms with E-state index in [1.165, 1.54) is 25.7 Å². The van der Waals surface area contributed by atoms with Crippen LogP contribution in [0.4, 0.5) is 0 Å². The molecule has 1 heterocycles. The lowest BCUT2D eigenvalue weighted by molar-refractivity contribution is 0.188. The van der Waals surface area contributed by atoms with E-state index < -0.39 is 0 Å². The Morgan fingerprint density at radius 2 is 2.24 bits per heavy atom. The van der Waals surface area contributed by atoms with E-state index in [1.807, 2.05) is 0 Å². The van der Waals surface area contributed by atoms with E-state index >= 15 is 0 Å². The first-order valence-corrected chi connectivity index (χ1v) is 7.01. The van der Waals surface area contributed by atoms with Gasteiger partial charge in [-0.2, -0.15) is 0 Å². The van der Waals surface area contributed by atoms with Crippen molar-refractivity contribution in [2.24, 2.45) is 10.9 Å². The van der Waals surface area contributed by atoms with E-state index in [0.717, 1.165) is 44.5 Å². The monoisotopic (exact) mass is 239 g/mol. The molecule has 0 aromatic carbocycles. The normalized spacial score (nSPS) is 25.4.